The molecule has 0 aliphatic heterocycles. The lowest BCUT2D eigenvalue weighted by molar-refractivity contribution is -0.115. The Morgan fingerprint density at radius 2 is 1.68 bits per heavy atom. The lowest BCUT2D eigenvalue weighted by Crippen LogP contribution is -2.16. The van der Waals surface area contributed by atoms with Crippen LogP contribution in [0.15, 0.2) is 42.5 Å². The van der Waals surface area contributed by atoms with E-state index in [4.69, 9.17) is 14.2 Å². The van der Waals surface area contributed by atoms with Crippen LogP contribution < -0.4 is 19.5 Å². The van der Waals surface area contributed by atoms with Crippen LogP contribution in [-0.2, 0) is 11.2 Å². The fourth-order valence-electron chi connectivity index (χ4n) is 3.00. The number of benzene rings is 2. The van der Waals surface area contributed by atoms with Crippen molar-refractivity contribution < 1.29 is 19.0 Å². The Labute approximate surface area is 163 Å². The number of methoxy groups -OCH3 is 3. The van der Waals surface area contributed by atoms with Crippen molar-refractivity contribution in [3.05, 3.63) is 53.7 Å². The van der Waals surface area contributed by atoms with Gasteiger partial charge in [-0.2, -0.15) is 5.10 Å². The van der Waals surface area contributed by atoms with E-state index in [-0.39, 0.29) is 12.3 Å². The van der Waals surface area contributed by atoms with E-state index in [2.05, 4.69) is 15.5 Å². The van der Waals surface area contributed by atoms with E-state index >= 15 is 0 Å². The highest BCUT2D eigenvalue weighted by atomic mass is 16.5. The Morgan fingerprint density at radius 3 is 2.32 bits per heavy atom. The molecule has 7 heteroatoms. The number of carbonyl (C=O) groups is 1. The van der Waals surface area contributed by atoms with Crippen LogP contribution in [0.25, 0.3) is 11.1 Å². The van der Waals surface area contributed by atoms with Gasteiger partial charge >= 0.3 is 0 Å². The predicted octanol–water partition coefficient (Wildman–Crippen LogP) is 3.59. The number of hydrogen-bond donors (Lipinski definition) is 2. The molecule has 2 N–H and O–H groups in total. The molecule has 3 aromatic rings. The third-order valence-electron chi connectivity index (χ3n) is 4.42. The van der Waals surface area contributed by atoms with Crippen molar-refractivity contribution in [3.8, 4) is 28.4 Å². The molecule has 146 valence electrons. The van der Waals surface area contributed by atoms with Gasteiger partial charge in [0.15, 0.2) is 5.82 Å². The molecule has 3 rings (SSSR count). The van der Waals surface area contributed by atoms with Crippen molar-refractivity contribution in [2.24, 2.45) is 0 Å². The zero-order chi connectivity index (χ0) is 20.1. The fourth-order valence-corrected chi connectivity index (χ4v) is 3.00. The Bertz CT molecular complexity index is 964. The fraction of sp³-hybridized carbons (Fsp3) is 0.238. The molecule has 7 nitrogen and oxygen atoms in total. The highest BCUT2D eigenvalue weighted by molar-refractivity contribution is 5.96. The summed E-state index contributed by atoms with van der Waals surface area (Å²) in [6.07, 6.45) is 0.133. The van der Waals surface area contributed by atoms with E-state index in [9.17, 15) is 4.79 Å². The lowest BCUT2D eigenvalue weighted by Gasteiger charge is -2.11. The Morgan fingerprint density at radius 1 is 1.00 bits per heavy atom. The van der Waals surface area contributed by atoms with Crippen molar-refractivity contribution in [2.75, 3.05) is 26.6 Å². The van der Waals surface area contributed by atoms with Crippen molar-refractivity contribution in [2.45, 2.75) is 13.3 Å². The minimum atomic E-state index is -0.201. The molecule has 2 aromatic carbocycles. The molecule has 0 aliphatic carbocycles. The largest absolute Gasteiger partial charge is 0.497 e. The Hall–Kier alpha value is -3.48. The third kappa shape index (κ3) is 4.09. The van der Waals surface area contributed by atoms with Gasteiger partial charge in [-0.3, -0.25) is 9.89 Å². The number of rotatable bonds is 7. The number of H-pyrrole nitrogens is 1. The number of carbonyl (C=O) groups excluding carboxylic acids is 1. The third-order valence-corrected chi connectivity index (χ3v) is 4.42. The minimum absolute atomic E-state index is 0.133. The molecule has 0 unspecified atom stereocenters. The topological polar surface area (TPSA) is 85.5 Å². The highest BCUT2D eigenvalue weighted by Crippen LogP contribution is 2.31. The van der Waals surface area contributed by atoms with Crippen molar-refractivity contribution in [3.63, 3.8) is 0 Å². The lowest BCUT2D eigenvalue weighted by atomic mass is 10.1. The first kappa shape index (κ1) is 19.3. The maximum Gasteiger partial charge on any atom is 0.230 e. The van der Waals surface area contributed by atoms with E-state index in [0.717, 1.165) is 28.1 Å². The molecule has 0 saturated heterocycles. The predicted molar refractivity (Wildman–Crippen MR) is 107 cm³/mol. The second-order valence-electron chi connectivity index (χ2n) is 6.20. The van der Waals surface area contributed by atoms with Gasteiger partial charge in [-0.15, -0.1) is 0 Å². The molecule has 0 spiro atoms. The van der Waals surface area contributed by atoms with Crippen LogP contribution in [0.2, 0.25) is 0 Å². The van der Waals surface area contributed by atoms with E-state index in [1.54, 1.807) is 39.5 Å². The van der Waals surface area contributed by atoms with Crippen molar-refractivity contribution >= 4 is 11.7 Å². The zero-order valence-corrected chi connectivity index (χ0v) is 16.3. The van der Waals surface area contributed by atoms with E-state index in [1.165, 1.54) is 0 Å². The van der Waals surface area contributed by atoms with Gasteiger partial charge in [-0.1, -0.05) is 12.1 Å². The van der Waals surface area contributed by atoms with Crippen LogP contribution in [-0.4, -0.2) is 37.4 Å². The number of nitrogens with one attached hydrogen (secondary N) is 2. The van der Waals surface area contributed by atoms with Gasteiger partial charge in [0.25, 0.3) is 0 Å². The van der Waals surface area contributed by atoms with Crippen LogP contribution in [0.3, 0.4) is 0 Å². The minimum Gasteiger partial charge on any atom is -0.497 e. The summed E-state index contributed by atoms with van der Waals surface area (Å²) in [5, 5.41) is 10.1. The van der Waals surface area contributed by atoms with Gasteiger partial charge in [0.05, 0.1) is 27.8 Å². The summed E-state index contributed by atoms with van der Waals surface area (Å²) in [4.78, 5) is 12.7. The molecule has 1 aromatic heterocycles. The first-order chi connectivity index (χ1) is 13.5. The second-order valence-corrected chi connectivity index (χ2v) is 6.20. The van der Waals surface area contributed by atoms with Gasteiger partial charge in [0.2, 0.25) is 5.91 Å². The van der Waals surface area contributed by atoms with Gasteiger partial charge in [-0.25, -0.2) is 0 Å². The average molecular weight is 381 g/mol. The smallest absolute Gasteiger partial charge is 0.230 e. The zero-order valence-electron chi connectivity index (χ0n) is 16.3. The summed E-state index contributed by atoms with van der Waals surface area (Å²) in [6, 6.07) is 13.0. The van der Waals surface area contributed by atoms with Crippen LogP contribution >= 0.6 is 0 Å². The van der Waals surface area contributed by atoms with E-state index in [0.29, 0.717) is 17.3 Å². The standard InChI is InChI=1S/C21H23N3O4/c1-13-20(14-5-7-16(26-2)8-6-14)21(24-23-13)22-19(25)12-15-11-17(27-3)9-10-18(15)28-4/h5-11H,12H2,1-4H3,(H2,22,23,24,25). The van der Waals surface area contributed by atoms with Crippen molar-refractivity contribution in [1.29, 1.82) is 0 Å². The monoisotopic (exact) mass is 381 g/mol. The normalized spacial score (nSPS) is 10.4. The SMILES string of the molecule is COc1ccc(-c2c(NC(=O)Cc3cc(OC)ccc3OC)n[nH]c2C)cc1. The molecular weight excluding hydrogens is 358 g/mol. The molecule has 0 saturated carbocycles. The molecule has 0 aliphatic rings. The summed E-state index contributed by atoms with van der Waals surface area (Å²) >= 11 is 0. The number of aryl methyl sites for hydroxylation is 1. The molecule has 0 bridgehead atoms. The number of hydrogen-bond acceptors (Lipinski definition) is 5. The quantitative estimate of drug-likeness (QED) is 0.653. The molecule has 0 fully saturated rings. The maximum absolute atomic E-state index is 12.7. The number of amides is 1. The molecule has 0 atom stereocenters. The van der Waals surface area contributed by atoms with Crippen molar-refractivity contribution in [1.82, 2.24) is 10.2 Å². The van der Waals surface area contributed by atoms with E-state index < -0.39 is 0 Å². The first-order valence-corrected chi connectivity index (χ1v) is 8.75. The van der Waals surface area contributed by atoms with E-state index in [1.807, 2.05) is 31.2 Å². The molecule has 0 radical (unpaired) electrons. The number of aromatic amines is 1. The van der Waals surface area contributed by atoms with Crippen LogP contribution in [0.4, 0.5) is 5.82 Å². The molecule has 1 heterocycles. The first-order valence-electron chi connectivity index (χ1n) is 8.75. The summed E-state index contributed by atoms with van der Waals surface area (Å²) in [7, 11) is 4.78. The highest BCUT2D eigenvalue weighted by Gasteiger charge is 2.17. The summed E-state index contributed by atoms with van der Waals surface area (Å²) in [5.74, 6) is 2.34. The summed E-state index contributed by atoms with van der Waals surface area (Å²) < 4.78 is 15.8. The average Bonchev–Trinajstić information content (AvgIpc) is 3.07. The van der Waals surface area contributed by atoms with Gasteiger partial charge in [-0.05, 0) is 42.8 Å². The number of aromatic nitrogens is 2. The van der Waals surface area contributed by atoms with Gasteiger partial charge < -0.3 is 19.5 Å². The molecule has 28 heavy (non-hydrogen) atoms. The van der Waals surface area contributed by atoms with Gasteiger partial charge in [0, 0.05) is 16.8 Å². The Kier molecular flexibility index (Phi) is 5.84. The molecule has 1 amide bonds. The van der Waals surface area contributed by atoms with Gasteiger partial charge in [0.1, 0.15) is 17.2 Å². The number of anilines is 1. The molecular formula is C21H23N3O4. The summed E-state index contributed by atoms with van der Waals surface area (Å²) in [5.41, 5.74) is 3.37. The summed E-state index contributed by atoms with van der Waals surface area (Å²) in [6.45, 7) is 1.91. The number of nitrogens with zero attached hydrogens (tertiary/aromatic N) is 1. The second kappa shape index (κ2) is 8.47. The maximum atomic E-state index is 12.7. The van der Waals surface area contributed by atoms with Crippen LogP contribution in [0.1, 0.15) is 11.3 Å². The van der Waals surface area contributed by atoms with Crippen LogP contribution in [0.5, 0.6) is 17.2 Å². The van der Waals surface area contributed by atoms with Crippen LogP contribution in [0, 0.1) is 6.92 Å². The Balaban J connectivity index is 1.82. The number of ether oxygens (including phenoxy) is 3.